The predicted octanol–water partition coefficient (Wildman–Crippen LogP) is 5.65. The highest BCUT2D eigenvalue weighted by Crippen LogP contribution is 2.40. The van der Waals surface area contributed by atoms with Gasteiger partial charge in [-0.2, -0.15) is 13.2 Å². The molecule has 2 N–H and O–H groups in total. The van der Waals surface area contributed by atoms with Gasteiger partial charge >= 0.3 is 6.18 Å². The van der Waals surface area contributed by atoms with Gasteiger partial charge in [-0.1, -0.05) is 48.5 Å². The molecule has 36 heavy (non-hydrogen) atoms. The van der Waals surface area contributed by atoms with E-state index in [9.17, 15) is 28.4 Å². The Morgan fingerprint density at radius 2 is 1.75 bits per heavy atom. The van der Waals surface area contributed by atoms with Crippen LogP contribution in [0.15, 0.2) is 72.8 Å². The van der Waals surface area contributed by atoms with Gasteiger partial charge in [0.25, 0.3) is 5.69 Å². The van der Waals surface area contributed by atoms with Crippen LogP contribution < -0.4 is 5.32 Å². The average Bonchev–Trinajstić information content (AvgIpc) is 3.25. The monoisotopic (exact) mass is 499 g/mol. The molecule has 0 radical (unpaired) electrons. The van der Waals surface area contributed by atoms with Crippen LogP contribution in [-0.4, -0.2) is 34.6 Å². The quantitative estimate of drug-likeness (QED) is 0.294. The maximum Gasteiger partial charge on any atom is 0.416 e. The van der Waals surface area contributed by atoms with E-state index in [1.807, 2.05) is 30.3 Å². The van der Waals surface area contributed by atoms with Crippen molar-refractivity contribution >= 4 is 11.4 Å². The third-order valence-electron chi connectivity index (χ3n) is 6.77. The Kier molecular flexibility index (Phi) is 7.61. The van der Waals surface area contributed by atoms with E-state index in [1.54, 1.807) is 12.1 Å². The summed E-state index contributed by atoms with van der Waals surface area (Å²) in [5, 5.41) is 24.0. The standard InChI is InChI=1S/C27H28F3N3O3/c28-27(29,30)24-9-5-4-8-21(24)15-26(12-13-32(19-26)16-20-6-2-1-3-7-20)18-31-23-11-10-22(17-34)25(14-23)33(35)36/h1-11,14,31,34H,12-13,15-19H2. The fraction of sp³-hybridized carbons (Fsp3) is 0.333. The molecule has 3 aromatic carbocycles. The summed E-state index contributed by atoms with van der Waals surface area (Å²) in [6, 6.07) is 20.1. The number of anilines is 1. The van der Waals surface area contributed by atoms with Crippen LogP contribution in [0.4, 0.5) is 24.5 Å². The van der Waals surface area contributed by atoms with Crippen molar-refractivity contribution in [3.8, 4) is 0 Å². The lowest BCUT2D eigenvalue weighted by atomic mass is 9.79. The summed E-state index contributed by atoms with van der Waals surface area (Å²) in [5.41, 5.74) is 0.728. The van der Waals surface area contributed by atoms with Crippen LogP contribution in [0.1, 0.15) is 28.7 Å². The smallest absolute Gasteiger partial charge is 0.391 e. The number of rotatable bonds is 9. The minimum absolute atomic E-state index is 0.198. The molecule has 0 aromatic heterocycles. The van der Waals surface area contributed by atoms with Crippen LogP contribution in [0.3, 0.4) is 0 Å². The number of alkyl halides is 3. The number of halogens is 3. The molecule has 1 fully saturated rings. The van der Waals surface area contributed by atoms with E-state index in [2.05, 4.69) is 10.2 Å². The Bertz CT molecular complexity index is 1200. The van der Waals surface area contributed by atoms with Crippen molar-refractivity contribution in [3.05, 3.63) is 105 Å². The first-order valence-electron chi connectivity index (χ1n) is 11.7. The molecule has 0 saturated carbocycles. The number of aliphatic hydroxyl groups is 1. The first-order valence-corrected chi connectivity index (χ1v) is 11.7. The number of hydrogen-bond donors (Lipinski definition) is 2. The van der Waals surface area contributed by atoms with Crippen molar-refractivity contribution in [2.75, 3.05) is 25.0 Å². The Morgan fingerprint density at radius 1 is 1.03 bits per heavy atom. The SMILES string of the molecule is O=[N+]([O-])c1cc(NCC2(Cc3ccccc3C(F)(F)F)CCN(Cc3ccccc3)C2)ccc1CO. The number of nitrogens with one attached hydrogen (secondary N) is 1. The van der Waals surface area contributed by atoms with Gasteiger partial charge < -0.3 is 10.4 Å². The maximum atomic E-state index is 13.7. The molecule has 0 amide bonds. The molecular weight excluding hydrogens is 471 g/mol. The molecule has 6 nitrogen and oxygen atoms in total. The Morgan fingerprint density at radius 3 is 2.44 bits per heavy atom. The maximum absolute atomic E-state index is 13.7. The first-order chi connectivity index (χ1) is 17.2. The van der Waals surface area contributed by atoms with E-state index in [0.29, 0.717) is 31.7 Å². The number of nitro groups is 1. The third-order valence-corrected chi connectivity index (χ3v) is 6.77. The summed E-state index contributed by atoms with van der Waals surface area (Å²) in [6.45, 7) is 1.90. The number of nitrogens with zero attached hydrogens (tertiary/aromatic N) is 2. The van der Waals surface area contributed by atoms with E-state index in [-0.39, 0.29) is 23.2 Å². The zero-order chi connectivity index (χ0) is 25.8. The summed E-state index contributed by atoms with van der Waals surface area (Å²) in [6.07, 6.45) is -3.55. The van der Waals surface area contributed by atoms with E-state index in [4.69, 9.17) is 0 Å². The van der Waals surface area contributed by atoms with Gasteiger partial charge in [-0.25, -0.2) is 0 Å². The lowest BCUT2D eigenvalue weighted by Gasteiger charge is -2.31. The molecule has 0 spiro atoms. The van der Waals surface area contributed by atoms with Crippen LogP contribution >= 0.6 is 0 Å². The van der Waals surface area contributed by atoms with E-state index < -0.39 is 28.7 Å². The van der Waals surface area contributed by atoms with Gasteiger partial charge in [-0.15, -0.1) is 0 Å². The molecule has 0 bridgehead atoms. The predicted molar refractivity (Wildman–Crippen MR) is 131 cm³/mol. The van der Waals surface area contributed by atoms with E-state index in [1.165, 1.54) is 24.3 Å². The Hall–Kier alpha value is -3.43. The highest BCUT2D eigenvalue weighted by Gasteiger charge is 2.41. The summed E-state index contributed by atoms with van der Waals surface area (Å²) in [7, 11) is 0. The molecule has 4 rings (SSSR count). The topological polar surface area (TPSA) is 78.6 Å². The van der Waals surface area contributed by atoms with Crippen LogP contribution in [0.5, 0.6) is 0 Å². The lowest BCUT2D eigenvalue weighted by molar-refractivity contribution is -0.385. The molecule has 1 aliphatic heterocycles. The molecule has 1 saturated heterocycles. The molecule has 1 unspecified atom stereocenters. The minimum Gasteiger partial charge on any atom is -0.391 e. The Labute approximate surface area is 207 Å². The summed E-state index contributed by atoms with van der Waals surface area (Å²) in [4.78, 5) is 13.1. The summed E-state index contributed by atoms with van der Waals surface area (Å²) in [5.74, 6) is 0. The van der Waals surface area contributed by atoms with Crippen LogP contribution in [0.25, 0.3) is 0 Å². The Balaban J connectivity index is 1.60. The molecule has 1 atom stereocenters. The largest absolute Gasteiger partial charge is 0.416 e. The normalized spacial score (nSPS) is 18.3. The molecule has 1 aliphatic rings. The van der Waals surface area contributed by atoms with Crippen molar-refractivity contribution in [2.45, 2.75) is 32.2 Å². The second kappa shape index (κ2) is 10.7. The second-order valence-corrected chi connectivity index (χ2v) is 9.39. The zero-order valence-corrected chi connectivity index (χ0v) is 19.7. The van der Waals surface area contributed by atoms with Crippen molar-refractivity contribution < 1.29 is 23.2 Å². The number of nitro benzene ring substituents is 1. The molecular formula is C27H28F3N3O3. The van der Waals surface area contributed by atoms with Gasteiger partial charge in [0.15, 0.2) is 0 Å². The van der Waals surface area contributed by atoms with Gasteiger partial charge in [0.2, 0.25) is 0 Å². The molecule has 3 aromatic rings. The molecule has 1 heterocycles. The summed E-state index contributed by atoms with van der Waals surface area (Å²) >= 11 is 0. The first kappa shape index (κ1) is 25.7. The summed E-state index contributed by atoms with van der Waals surface area (Å²) < 4.78 is 41.2. The zero-order valence-electron chi connectivity index (χ0n) is 19.7. The number of hydrogen-bond acceptors (Lipinski definition) is 5. The van der Waals surface area contributed by atoms with E-state index in [0.717, 1.165) is 18.2 Å². The average molecular weight is 500 g/mol. The highest BCUT2D eigenvalue weighted by atomic mass is 19.4. The molecule has 190 valence electrons. The van der Waals surface area contributed by atoms with Gasteiger partial charge in [-0.05, 0) is 48.7 Å². The van der Waals surface area contributed by atoms with Gasteiger partial charge in [0.1, 0.15) is 0 Å². The highest BCUT2D eigenvalue weighted by molar-refractivity contribution is 5.55. The van der Waals surface area contributed by atoms with Crippen molar-refractivity contribution in [2.24, 2.45) is 5.41 Å². The fourth-order valence-corrected chi connectivity index (χ4v) is 4.98. The number of benzene rings is 3. The molecule has 0 aliphatic carbocycles. The van der Waals surface area contributed by atoms with Crippen molar-refractivity contribution in [1.29, 1.82) is 0 Å². The van der Waals surface area contributed by atoms with Gasteiger partial charge in [0.05, 0.1) is 22.7 Å². The van der Waals surface area contributed by atoms with Gasteiger partial charge in [-0.3, -0.25) is 15.0 Å². The van der Waals surface area contributed by atoms with Crippen molar-refractivity contribution in [1.82, 2.24) is 4.90 Å². The van der Waals surface area contributed by atoms with Crippen molar-refractivity contribution in [3.63, 3.8) is 0 Å². The van der Waals surface area contributed by atoms with Crippen LogP contribution in [0.2, 0.25) is 0 Å². The second-order valence-electron chi connectivity index (χ2n) is 9.39. The third kappa shape index (κ3) is 6.03. The fourth-order valence-electron chi connectivity index (χ4n) is 4.98. The minimum atomic E-state index is -4.45. The van der Waals surface area contributed by atoms with E-state index >= 15 is 0 Å². The lowest BCUT2D eigenvalue weighted by Crippen LogP contribution is -2.36. The number of aliphatic hydroxyl groups excluding tert-OH is 1. The number of likely N-dealkylation sites (tertiary alicyclic amines) is 1. The van der Waals surface area contributed by atoms with Gasteiger partial charge in [0, 0.05) is 36.8 Å². The van der Waals surface area contributed by atoms with Crippen LogP contribution in [-0.2, 0) is 25.7 Å². The molecule has 9 heteroatoms. The van der Waals surface area contributed by atoms with Crippen LogP contribution in [0, 0.1) is 15.5 Å².